The van der Waals surface area contributed by atoms with Crippen LogP contribution >= 0.6 is 11.8 Å². The highest BCUT2D eigenvalue weighted by atomic mass is 32.2. The molecule has 0 saturated carbocycles. The lowest BCUT2D eigenvalue weighted by Crippen LogP contribution is -2.49. The predicted molar refractivity (Wildman–Crippen MR) is 144 cm³/mol. The zero-order valence-electron chi connectivity index (χ0n) is 19.6. The van der Waals surface area contributed by atoms with Crippen molar-refractivity contribution < 1.29 is 4.79 Å². The van der Waals surface area contributed by atoms with Crippen LogP contribution in [0.3, 0.4) is 0 Å². The molecule has 0 bridgehead atoms. The molecule has 174 valence electrons. The first-order valence-electron chi connectivity index (χ1n) is 11.7. The van der Waals surface area contributed by atoms with Gasteiger partial charge in [-0.2, -0.15) is 5.26 Å². The van der Waals surface area contributed by atoms with Crippen LogP contribution in [0.2, 0.25) is 0 Å². The Morgan fingerprint density at radius 1 is 0.857 bits per heavy atom. The molecule has 6 heteroatoms. The molecule has 0 radical (unpaired) electrons. The molecule has 0 aromatic heterocycles. The number of amides is 1. The number of para-hydroxylation sites is 2. The van der Waals surface area contributed by atoms with Crippen molar-refractivity contribution in [2.75, 3.05) is 36.0 Å². The van der Waals surface area contributed by atoms with E-state index in [0.29, 0.717) is 18.1 Å². The fourth-order valence-corrected chi connectivity index (χ4v) is 5.58. The molecule has 0 unspecified atom stereocenters. The number of hydrogen-bond acceptors (Lipinski definition) is 5. The van der Waals surface area contributed by atoms with Gasteiger partial charge in [0.25, 0.3) is 5.91 Å². The molecule has 1 amide bonds. The molecule has 1 fully saturated rings. The second-order valence-electron chi connectivity index (χ2n) is 8.52. The summed E-state index contributed by atoms with van der Waals surface area (Å²) in [5.41, 5.74) is 5.54. The highest BCUT2D eigenvalue weighted by Gasteiger charge is 2.32. The Morgan fingerprint density at radius 2 is 1.49 bits per heavy atom. The van der Waals surface area contributed by atoms with Crippen LogP contribution in [0.15, 0.2) is 101 Å². The number of benzene rings is 3. The van der Waals surface area contributed by atoms with E-state index in [1.807, 2.05) is 88.0 Å². The van der Waals surface area contributed by atoms with Gasteiger partial charge >= 0.3 is 0 Å². The standard InChI is InChI=1S/C29H26N4OS/c1-22-10-8-9-15-26(22)31-16-18-32(19-17-31)28(34)25(20-30)29-33(24-13-6-3-7-14-24)27(21-35-29)23-11-4-2-5-12-23/h2-15,21H,16-19H2,1H3/b29-25+. The summed E-state index contributed by atoms with van der Waals surface area (Å²) in [5.74, 6) is -0.205. The molecule has 1 saturated heterocycles. The first-order valence-corrected chi connectivity index (χ1v) is 12.6. The van der Waals surface area contributed by atoms with Crippen molar-refractivity contribution in [2.45, 2.75) is 6.92 Å². The van der Waals surface area contributed by atoms with Crippen molar-refractivity contribution in [1.29, 1.82) is 5.26 Å². The van der Waals surface area contributed by atoms with Crippen LogP contribution in [0, 0.1) is 18.3 Å². The number of thioether (sulfide) groups is 1. The third kappa shape index (κ3) is 4.55. The Morgan fingerprint density at radius 3 is 2.14 bits per heavy atom. The van der Waals surface area contributed by atoms with Crippen LogP contribution < -0.4 is 9.80 Å². The SMILES string of the molecule is Cc1ccccc1N1CCN(C(=O)/C(C#N)=C2/SC=C(c3ccccc3)N2c2ccccc2)CC1. The fraction of sp³-hybridized carbons (Fsp3) is 0.172. The number of carbonyl (C=O) groups is 1. The molecule has 3 aromatic rings. The molecule has 0 atom stereocenters. The summed E-state index contributed by atoms with van der Waals surface area (Å²) in [6, 6.07) is 30.5. The Bertz CT molecular complexity index is 1320. The van der Waals surface area contributed by atoms with Gasteiger partial charge in [-0.3, -0.25) is 4.79 Å². The molecule has 5 nitrogen and oxygen atoms in total. The third-order valence-corrected chi connectivity index (χ3v) is 7.32. The van der Waals surface area contributed by atoms with Gasteiger partial charge in [-0.05, 0) is 36.2 Å². The van der Waals surface area contributed by atoms with E-state index in [9.17, 15) is 10.1 Å². The first kappa shape index (κ1) is 22.8. The maximum absolute atomic E-state index is 13.6. The van der Waals surface area contributed by atoms with Gasteiger partial charge in [-0.25, -0.2) is 0 Å². The Labute approximate surface area is 210 Å². The second kappa shape index (κ2) is 10.1. The van der Waals surface area contributed by atoms with Crippen LogP contribution in [0.4, 0.5) is 11.4 Å². The molecule has 2 heterocycles. The molecule has 35 heavy (non-hydrogen) atoms. The molecule has 3 aromatic carbocycles. The Hall–Kier alpha value is -3.95. The number of anilines is 2. The van der Waals surface area contributed by atoms with E-state index in [1.165, 1.54) is 23.0 Å². The number of rotatable bonds is 4. The van der Waals surface area contributed by atoms with Gasteiger partial charge in [0.2, 0.25) is 0 Å². The quantitative estimate of drug-likeness (QED) is 0.359. The van der Waals surface area contributed by atoms with Crippen LogP contribution in [0.25, 0.3) is 5.70 Å². The van der Waals surface area contributed by atoms with Crippen molar-refractivity contribution in [3.8, 4) is 6.07 Å². The number of nitrogens with zero attached hydrogens (tertiary/aromatic N) is 4. The summed E-state index contributed by atoms with van der Waals surface area (Å²) in [6.45, 7) is 4.76. The van der Waals surface area contributed by atoms with Crippen molar-refractivity contribution in [3.63, 3.8) is 0 Å². The lowest BCUT2D eigenvalue weighted by molar-refractivity contribution is -0.127. The topological polar surface area (TPSA) is 50.6 Å². The van der Waals surface area contributed by atoms with Gasteiger partial charge in [-0.1, -0.05) is 78.5 Å². The summed E-state index contributed by atoms with van der Waals surface area (Å²) >= 11 is 1.44. The number of hydrogen-bond donors (Lipinski definition) is 0. The van der Waals surface area contributed by atoms with E-state index < -0.39 is 0 Å². The highest BCUT2D eigenvalue weighted by Crippen LogP contribution is 2.44. The Kier molecular flexibility index (Phi) is 6.60. The molecule has 2 aliphatic heterocycles. The minimum Gasteiger partial charge on any atom is -0.368 e. The lowest BCUT2D eigenvalue weighted by Gasteiger charge is -2.37. The first-order chi connectivity index (χ1) is 17.2. The van der Waals surface area contributed by atoms with Crippen LogP contribution in [0.1, 0.15) is 11.1 Å². The minimum absolute atomic E-state index is 0.186. The van der Waals surface area contributed by atoms with E-state index >= 15 is 0 Å². The summed E-state index contributed by atoms with van der Waals surface area (Å²) in [6.07, 6.45) is 0. The van der Waals surface area contributed by atoms with Gasteiger partial charge in [0.05, 0.1) is 5.70 Å². The molecule has 0 spiro atoms. The Balaban J connectivity index is 1.43. The van der Waals surface area contributed by atoms with Crippen molar-refractivity contribution in [3.05, 3.63) is 112 Å². The number of nitriles is 1. The van der Waals surface area contributed by atoms with E-state index in [-0.39, 0.29) is 11.5 Å². The van der Waals surface area contributed by atoms with Crippen LogP contribution in [-0.2, 0) is 4.79 Å². The number of piperazine rings is 1. The normalized spacial score (nSPS) is 17.1. The molecule has 0 aliphatic carbocycles. The fourth-order valence-electron chi connectivity index (χ4n) is 4.55. The van der Waals surface area contributed by atoms with E-state index in [0.717, 1.165) is 30.0 Å². The van der Waals surface area contributed by atoms with Crippen LogP contribution in [-0.4, -0.2) is 37.0 Å². The van der Waals surface area contributed by atoms with Gasteiger partial charge in [0, 0.05) is 43.0 Å². The average molecular weight is 479 g/mol. The predicted octanol–water partition coefficient (Wildman–Crippen LogP) is 5.63. The summed E-state index contributed by atoms with van der Waals surface area (Å²) in [4.78, 5) is 19.8. The van der Waals surface area contributed by atoms with Crippen molar-refractivity contribution in [1.82, 2.24) is 4.90 Å². The third-order valence-electron chi connectivity index (χ3n) is 6.37. The van der Waals surface area contributed by atoms with E-state index in [1.54, 1.807) is 0 Å². The van der Waals surface area contributed by atoms with Gasteiger partial charge in [0.1, 0.15) is 16.7 Å². The van der Waals surface area contributed by atoms with Crippen molar-refractivity contribution in [2.24, 2.45) is 0 Å². The summed E-state index contributed by atoms with van der Waals surface area (Å²) < 4.78 is 0. The average Bonchev–Trinajstić information content (AvgIpc) is 3.35. The number of carbonyl (C=O) groups excluding carboxylic acids is 1. The van der Waals surface area contributed by atoms with E-state index in [2.05, 4.69) is 30.0 Å². The lowest BCUT2D eigenvalue weighted by atomic mass is 10.1. The van der Waals surface area contributed by atoms with E-state index in [4.69, 9.17) is 0 Å². The van der Waals surface area contributed by atoms with Crippen LogP contribution in [0.5, 0.6) is 0 Å². The maximum atomic E-state index is 13.6. The second-order valence-corrected chi connectivity index (χ2v) is 9.37. The van der Waals surface area contributed by atoms with Gasteiger partial charge in [0.15, 0.2) is 0 Å². The molecule has 2 aliphatic rings. The minimum atomic E-state index is -0.205. The zero-order chi connectivity index (χ0) is 24.2. The molecule has 0 N–H and O–H groups in total. The zero-order valence-corrected chi connectivity index (χ0v) is 20.4. The summed E-state index contributed by atoms with van der Waals surface area (Å²) in [5, 5.41) is 12.8. The van der Waals surface area contributed by atoms with Gasteiger partial charge < -0.3 is 14.7 Å². The molecular weight excluding hydrogens is 452 g/mol. The molecule has 5 rings (SSSR count). The number of aryl methyl sites for hydroxylation is 1. The largest absolute Gasteiger partial charge is 0.368 e. The monoisotopic (exact) mass is 478 g/mol. The van der Waals surface area contributed by atoms with Gasteiger partial charge in [-0.15, -0.1) is 0 Å². The molecular formula is C29H26N4OS. The maximum Gasteiger partial charge on any atom is 0.267 e. The highest BCUT2D eigenvalue weighted by molar-refractivity contribution is 8.06. The smallest absolute Gasteiger partial charge is 0.267 e. The van der Waals surface area contributed by atoms with Crippen molar-refractivity contribution >= 4 is 34.7 Å². The summed E-state index contributed by atoms with van der Waals surface area (Å²) in [7, 11) is 0.